The summed E-state index contributed by atoms with van der Waals surface area (Å²) >= 11 is 0. The quantitative estimate of drug-likeness (QED) is 0.738. The first-order valence-corrected chi connectivity index (χ1v) is 5.16. The molecule has 1 atom stereocenters. The smallest absolute Gasteiger partial charge is 0.124 e. The molecule has 0 saturated heterocycles. The molecule has 2 N–H and O–H groups in total. The van der Waals surface area contributed by atoms with E-state index in [-0.39, 0.29) is 11.9 Å². The summed E-state index contributed by atoms with van der Waals surface area (Å²) in [6.07, 6.45) is 1.89. The summed E-state index contributed by atoms with van der Waals surface area (Å²) in [6, 6.07) is 4.50. The van der Waals surface area contributed by atoms with E-state index in [0.29, 0.717) is 0 Å². The van der Waals surface area contributed by atoms with Gasteiger partial charge in [-0.1, -0.05) is 31.3 Å². The highest BCUT2D eigenvalue weighted by atomic mass is 19.1. The lowest BCUT2D eigenvalue weighted by Crippen LogP contribution is -2.16. The van der Waals surface area contributed by atoms with Crippen molar-refractivity contribution >= 4 is 0 Å². The van der Waals surface area contributed by atoms with Crippen molar-refractivity contribution in [1.82, 2.24) is 0 Å². The highest BCUT2D eigenvalue weighted by molar-refractivity contribution is 5.41. The second-order valence-corrected chi connectivity index (χ2v) is 3.62. The van der Waals surface area contributed by atoms with Crippen LogP contribution in [0.2, 0.25) is 0 Å². The Balaban J connectivity index is 2.83. The lowest BCUT2D eigenvalue weighted by Gasteiger charge is -2.00. The number of nitrogens with two attached hydrogens (primary N) is 1. The third-order valence-corrected chi connectivity index (χ3v) is 2.19. The molecule has 1 unspecified atom stereocenters. The number of halogens is 1. The average Bonchev–Trinajstić information content (AvgIpc) is 2.20. The number of hydrogen-bond acceptors (Lipinski definition) is 1. The maximum atomic E-state index is 12.9. The molecular weight excluding hydrogens is 189 g/mol. The van der Waals surface area contributed by atoms with Crippen LogP contribution in [0.4, 0.5) is 4.39 Å². The Bertz CT molecular complexity index is 387. The van der Waals surface area contributed by atoms with Crippen LogP contribution in [0.25, 0.3) is 0 Å². The molecule has 15 heavy (non-hydrogen) atoms. The fourth-order valence-corrected chi connectivity index (χ4v) is 1.28. The number of aryl methyl sites for hydroxylation is 1. The monoisotopic (exact) mass is 205 g/mol. The summed E-state index contributed by atoms with van der Waals surface area (Å²) in [5, 5.41) is 0. The maximum Gasteiger partial charge on any atom is 0.124 e. The summed E-state index contributed by atoms with van der Waals surface area (Å²) < 4.78 is 12.9. The number of rotatable bonds is 2. The maximum absolute atomic E-state index is 12.9. The topological polar surface area (TPSA) is 26.0 Å². The lowest BCUT2D eigenvalue weighted by molar-refractivity contribution is 0.627. The van der Waals surface area contributed by atoms with Crippen molar-refractivity contribution in [1.29, 1.82) is 0 Å². The van der Waals surface area contributed by atoms with Crippen LogP contribution in [-0.2, 0) is 0 Å². The minimum Gasteiger partial charge on any atom is -0.318 e. The van der Waals surface area contributed by atoms with Crippen molar-refractivity contribution in [3.63, 3.8) is 0 Å². The summed E-state index contributed by atoms with van der Waals surface area (Å²) in [4.78, 5) is 0. The van der Waals surface area contributed by atoms with Crippen LogP contribution in [0.15, 0.2) is 18.2 Å². The molecule has 1 rings (SSSR count). The second-order valence-electron chi connectivity index (χ2n) is 3.62. The van der Waals surface area contributed by atoms with Crippen molar-refractivity contribution < 1.29 is 4.39 Å². The molecule has 0 spiro atoms. The zero-order valence-corrected chi connectivity index (χ0v) is 9.18. The Hall–Kier alpha value is -1.33. The Labute approximate surface area is 90.5 Å². The van der Waals surface area contributed by atoms with E-state index in [1.807, 2.05) is 6.92 Å². The summed E-state index contributed by atoms with van der Waals surface area (Å²) in [5.74, 6) is 5.60. The van der Waals surface area contributed by atoms with Gasteiger partial charge in [0.25, 0.3) is 0 Å². The minimum absolute atomic E-state index is 0.113. The predicted octanol–water partition coefficient (Wildman–Crippen LogP) is 2.61. The van der Waals surface area contributed by atoms with E-state index < -0.39 is 0 Å². The standard InChI is InChI=1S/C13H16FN/c1-3-4-13(15)8-6-11-9-12(14)7-5-10(11)2/h5,7,9,13H,3-4,15H2,1-2H3. The molecule has 0 aliphatic rings. The molecule has 80 valence electrons. The Morgan fingerprint density at radius 2 is 2.20 bits per heavy atom. The van der Waals surface area contributed by atoms with E-state index in [1.54, 1.807) is 6.07 Å². The van der Waals surface area contributed by atoms with Crippen LogP contribution in [0, 0.1) is 24.6 Å². The largest absolute Gasteiger partial charge is 0.318 e. The van der Waals surface area contributed by atoms with Crippen molar-refractivity contribution in [2.45, 2.75) is 32.7 Å². The van der Waals surface area contributed by atoms with Crippen molar-refractivity contribution in [3.8, 4) is 11.8 Å². The molecule has 0 fully saturated rings. The number of benzene rings is 1. The first kappa shape index (κ1) is 11.7. The molecule has 0 heterocycles. The van der Waals surface area contributed by atoms with Gasteiger partial charge >= 0.3 is 0 Å². The van der Waals surface area contributed by atoms with Gasteiger partial charge in [0, 0.05) is 5.56 Å². The lowest BCUT2D eigenvalue weighted by atomic mass is 10.1. The SMILES string of the molecule is CCCC(N)C#Cc1cc(F)ccc1C. The van der Waals surface area contributed by atoms with Crippen LogP contribution >= 0.6 is 0 Å². The average molecular weight is 205 g/mol. The van der Waals surface area contributed by atoms with Crippen LogP contribution < -0.4 is 5.73 Å². The van der Waals surface area contributed by atoms with Gasteiger partial charge in [0.1, 0.15) is 5.82 Å². The van der Waals surface area contributed by atoms with Crippen LogP contribution in [0.5, 0.6) is 0 Å². The second kappa shape index (κ2) is 5.53. The van der Waals surface area contributed by atoms with Crippen molar-refractivity contribution in [3.05, 3.63) is 35.1 Å². The summed E-state index contributed by atoms with van der Waals surface area (Å²) in [6.45, 7) is 3.98. The number of hydrogen-bond donors (Lipinski definition) is 1. The van der Waals surface area contributed by atoms with E-state index in [4.69, 9.17) is 5.73 Å². The molecule has 0 aliphatic heterocycles. The fourth-order valence-electron chi connectivity index (χ4n) is 1.28. The van der Waals surface area contributed by atoms with E-state index in [0.717, 1.165) is 24.0 Å². The fraction of sp³-hybridized carbons (Fsp3) is 0.385. The molecule has 1 aromatic carbocycles. The zero-order valence-electron chi connectivity index (χ0n) is 9.18. The zero-order chi connectivity index (χ0) is 11.3. The predicted molar refractivity (Wildman–Crippen MR) is 60.9 cm³/mol. The van der Waals surface area contributed by atoms with Crippen molar-refractivity contribution in [2.24, 2.45) is 5.73 Å². The molecule has 1 aromatic rings. The molecule has 2 heteroatoms. The summed E-state index contributed by atoms with van der Waals surface area (Å²) in [5.41, 5.74) is 7.46. The molecule has 0 bridgehead atoms. The first-order valence-electron chi connectivity index (χ1n) is 5.16. The Morgan fingerprint density at radius 3 is 2.87 bits per heavy atom. The van der Waals surface area contributed by atoms with Crippen LogP contribution in [0.1, 0.15) is 30.9 Å². The third-order valence-electron chi connectivity index (χ3n) is 2.19. The Morgan fingerprint density at radius 1 is 1.47 bits per heavy atom. The van der Waals surface area contributed by atoms with E-state index in [9.17, 15) is 4.39 Å². The van der Waals surface area contributed by atoms with Crippen molar-refractivity contribution in [2.75, 3.05) is 0 Å². The highest BCUT2D eigenvalue weighted by Gasteiger charge is 1.98. The highest BCUT2D eigenvalue weighted by Crippen LogP contribution is 2.08. The Kier molecular flexibility index (Phi) is 4.33. The third kappa shape index (κ3) is 3.73. The van der Waals surface area contributed by atoms with Crippen LogP contribution in [0.3, 0.4) is 0 Å². The molecule has 0 radical (unpaired) electrons. The van der Waals surface area contributed by atoms with Gasteiger partial charge in [-0.25, -0.2) is 4.39 Å². The van der Waals surface area contributed by atoms with Gasteiger partial charge in [0.2, 0.25) is 0 Å². The van der Waals surface area contributed by atoms with Crippen LogP contribution in [-0.4, -0.2) is 6.04 Å². The van der Waals surface area contributed by atoms with E-state index in [1.165, 1.54) is 12.1 Å². The molecular formula is C13H16FN. The minimum atomic E-state index is -0.256. The van der Waals surface area contributed by atoms with E-state index >= 15 is 0 Å². The van der Waals surface area contributed by atoms with Gasteiger partial charge in [0.15, 0.2) is 0 Å². The van der Waals surface area contributed by atoms with Gasteiger partial charge in [-0.2, -0.15) is 0 Å². The molecule has 0 aromatic heterocycles. The van der Waals surface area contributed by atoms with Gasteiger partial charge in [-0.3, -0.25) is 0 Å². The normalized spacial score (nSPS) is 11.7. The first-order chi connectivity index (χ1) is 7.13. The molecule has 0 aliphatic carbocycles. The van der Waals surface area contributed by atoms with Gasteiger partial charge in [-0.05, 0) is 31.0 Å². The van der Waals surface area contributed by atoms with Gasteiger partial charge < -0.3 is 5.73 Å². The molecule has 0 amide bonds. The van der Waals surface area contributed by atoms with Gasteiger partial charge in [-0.15, -0.1) is 0 Å². The summed E-state index contributed by atoms with van der Waals surface area (Å²) in [7, 11) is 0. The van der Waals surface area contributed by atoms with Gasteiger partial charge in [0.05, 0.1) is 6.04 Å². The van der Waals surface area contributed by atoms with E-state index in [2.05, 4.69) is 18.8 Å². The molecule has 0 saturated carbocycles. The molecule has 1 nitrogen and oxygen atoms in total.